The molecule has 0 aliphatic heterocycles. The van der Waals surface area contributed by atoms with Crippen LogP contribution in [0.5, 0.6) is 5.75 Å². The second-order valence-electron chi connectivity index (χ2n) is 7.06. The van der Waals surface area contributed by atoms with Gasteiger partial charge in [0.15, 0.2) is 9.84 Å². The number of carbonyl (C=O) groups is 1. The van der Waals surface area contributed by atoms with Gasteiger partial charge in [-0.25, -0.2) is 13.4 Å². The fraction of sp³-hybridized carbons (Fsp3) is 0.273. The van der Waals surface area contributed by atoms with Gasteiger partial charge in [-0.2, -0.15) is 0 Å². The number of thiazole rings is 1. The monoisotopic (exact) mass is 478 g/mol. The molecular weight excluding hydrogens is 456 g/mol. The molecule has 3 rings (SSSR count). The van der Waals surface area contributed by atoms with Crippen molar-refractivity contribution in [3.05, 3.63) is 64.6 Å². The summed E-state index contributed by atoms with van der Waals surface area (Å²) in [4.78, 5) is 18.9. The summed E-state index contributed by atoms with van der Waals surface area (Å²) >= 11 is 7.68. The zero-order chi connectivity index (χ0) is 22.4. The van der Waals surface area contributed by atoms with Crippen LogP contribution in [0.1, 0.15) is 12.1 Å². The molecule has 0 atom stereocenters. The Balaban J connectivity index is 1.47. The largest absolute Gasteiger partial charge is 0.493 e. The van der Waals surface area contributed by atoms with Crippen LogP contribution in [0.2, 0.25) is 5.02 Å². The molecule has 0 radical (unpaired) electrons. The van der Waals surface area contributed by atoms with Gasteiger partial charge in [0.25, 0.3) is 0 Å². The molecule has 164 valence electrons. The second kappa shape index (κ2) is 10.3. The number of carbonyl (C=O) groups excluding carboxylic acids is 1. The Kier molecular flexibility index (Phi) is 7.69. The van der Waals surface area contributed by atoms with Crippen LogP contribution in [0, 0.1) is 0 Å². The molecule has 0 bridgehead atoms. The van der Waals surface area contributed by atoms with E-state index >= 15 is 0 Å². The third-order valence-electron chi connectivity index (χ3n) is 4.55. The highest BCUT2D eigenvalue weighted by atomic mass is 35.5. The van der Waals surface area contributed by atoms with E-state index in [0.717, 1.165) is 16.8 Å². The first-order chi connectivity index (χ1) is 14.7. The van der Waals surface area contributed by atoms with E-state index < -0.39 is 9.84 Å². The van der Waals surface area contributed by atoms with Crippen molar-refractivity contribution in [1.29, 1.82) is 0 Å². The smallest absolute Gasteiger partial charge is 0.228 e. The van der Waals surface area contributed by atoms with Gasteiger partial charge in [-0.1, -0.05) is 35.9 Å². The summed E-state index contributed by atoms with van der Waals surface area (Å²) in [5.74, 6) is 0.460. The summed E-state index contributed by atoms with van der Waals surface area (Å²) in [7, 11) is -1.53. The Morgan fingerprint density at radius 1 is 1.19 bits per heavy atom. The molecule has 1 heterocycles. The predicted molar refractivity (Wildman–Crippen MR) is 124 cm³/mol. The van der Waals surface area contributed by atoms with Crippen molar-refractivity contribution in [2.24, 2.45) is 0 Å². The molecule has 6 nitrogen and oxygen atoms in total. The Hall–Kier alpha value is -2.42. The van der Waals surface area contributed by atoms with Crippen LogP contribution in [-0.4, -0.2) is 50.7 Å². The minimum Gasteiger partial charge on any atom is -0.493 e. The highest BCUT2D eigenvalue weighted by Gasteiger charge is 2.14. The van der Waals surface area contributed by atoms with Crippen molar-refractivity contribution in [1.82, 2.24) is 9.88 Å². The topological polar surface area (TPSA) is 76.6 Å². The fourth-order valence-corrected chi connectivity index (χ4v) is 4.64. The number of likely N-dealkylation sites (N-methyl/N-ethyl adjacent to an activating group) is 1. The molecule has 1 amide bonds. The molecule has 31 heavy (non-hydrogen) atoms. The predicted octanol–water partition coefficient (Wildman–Crippen LogP) is 4.34. The van der Waals surface area contributed by atoms with Crippen molar-refractivity contribution >= 4 is 38.7 Å². The highest BCUT2D eigenvalue weighted by molar-refractivity contribution is 7.90. The molecular formula is C22H23ClN2O4S2. The maximum Gasteiger partial charge on any atom is 0.228 e. The lowest BCUT2D eigenvalue weighted by atomic mass is 10.2. The van der Waals surface area contributed by atoms with E-state index in [1.807, 2.05) is 29.6 Å². The van der Waals surface area contributed by atoms with E-state index in [4.69, 9.17) is 16.3 Å². The van der Waals surface area contributed by atoms with Crippen LogP contribution >= 0.6 is 22.9 Å². The van der Waals surface area contributed by atoms with E-state index in [1.54, 1.807) is 24.1 Å². The third kappa shape index (κ3) is 6.53. The molecule has 3 aromatic rings. The average molecular weight is 479 g/mol. The molecule has 2 aromatic carbocycles. The van der Waals surface area contributed by atoms with Gasteiger partial charge in [-0.15, -0.1) is 11.3 Å². The fourth-order valence-electron chi connectivity index (χ4n) is 2.85. The third-order valence-corrected chi connectivity index (χ3v) is 6.92. The molecule has 0 aliphatic rings. The average Bonchev–Trinajstić information content (AvgIpc) is 3.19. The second-order valence-corrected chi connectivity index (χ2v) is 10.3. The van der Waals surface area contributed by atoms with E-state index in [1.165, 1.54) is 23.5 Å². The van der Waals surface area contributed by atoms with Gasteiger partial charge in [0.2, 0.25) is 5.91 Å². The lowest BCUT2D eigenvalue weighted by Gasteiger charge is -2.17. The molecule has 0 N–H and O–H groups in total. The number of nitrogens with zero attached hydrogens (tertiary/aromatic N) is 2. The van der Waals surface area contributed by atoms with Crippen LogP contribution < -0.4 is 4.74 Å². The molecule has 0 fully saturated rings. The summed E-state index contributed by atoms with van der Waals surface area (Å²) in [6.45, 7) is 0.893. The number of hydrogen-bond donors (Lipinski definition) is 0. The maximum absolute atomic E-state index is 12.5. The molecule has 9 heteroatoms. The zero-order valence-electron chi connectivity index (χ0n) is 17.2. The Bertz CT molecular complexity index is 1160. The van der Waals surface area contributed by atoms with Gasteiger partial charge in [0.1, 0.15) is 10.8 Å². The summed E-state index contributed by atoms with van der Waals surface area (Å²) in [5, 5.41) is 3.30. The number of benzene rings is 2. The minimum absolute atomic E-state index is 0.0323. The first kappa shape index (κ1) is 23.2. The molecule has 0 spiro atoms. The number of sulfone groups is 1. The lowest BCUT2D eigenvalue weighted by molar-refractivity contribution is -0.129. The number of rotatable bonds is 9. The molecule has 0 unspecified atom stereocenters. The summed E-state index contributed by atoms with van der Waals surface area (Å²) < 4.78 is 28.9. The SMILES string of the molecule is CN(CCCOc1cccc(S(C)(=O)=O)c1)C(=O)Cc1csc(-c2ccccc2Cl)n1. The number of ether oxygens (including phenoxy) is 1. The Morgan fingerprint density at radius 3 is 2.71 bits per heavy atom. The first-order valence-corrected chi connectivity index (χ1v) is 12.7. The summed E-state index contributed by atoms with van der Waals surface area (Å²) in [5.41, 5.74) is 1.57. The molecule has 0 saturated carbocycles. The van der Waals surface area contributed by atoms with Crippen LogP contribution in [0.25, 0.3) is 10.6 Å². The van der Waals surface area contributed by atoms with Crippen LogP contribution in [-0.2, 0) is 21.1 Å². The van der Waals surface area contributed by atoms with Crippen molar-refractivity contribution in [3.8, 4) is 16.3 Å². The Labute approximate surface area is 191 Å². The van der Waals surface area contributed by atoms with Gasteiger partial charge in [0.05, 0.1) is 28.6 Å². The van der Waals surface area contributed by atoms with Crippen molar-refractivity contribution < 1.29 is 17.9 Å². The van der Waals surface area contributed by atoms with Crippen LogP contribution in [0.15, 0.2) is 58.8 Å². The number of hydrogen-bond acceptors (Lipinski definition) is 6. The van der Waals surface area contributed by atoms with Crippen molar-refractivity contribution in [3.63, 3.8) is 0 Å². The van der Waals surface area contributed by atoms with Gasteiger partial charge in [-0.05, 0) is 30.7 Å². The summed E-state index contributed by atoms with van der Waals surface area (Å²) in [6.07, 6.45) is 1.99. The summed E-state index contributed by atoms with van der Waals surface area (Å²) in [6, 6.07) is 13.9. The van der Waals surface area contributed by atoms with Crippen molar-refractivity contribution in [2.75, 3.05) is 26.5 Å². The molecule has 1 aromatic heterocycles. The van der Waals surface area contributed by atoms with Gasteiger partial charge >= 0.3 is 0 Å². The minimum atomic E-state index is -3.27. The maximum atomic E-state index is 12.5. The van der Waals surface area contributed by atoms with Crippen LogP contribution in [0.4, 0.5) is 0 Å². The van der Waals surface area contributed by atoms with E-state index in [9.17, 15) is 13.2 Å². The zero-order valence-corrected chi connectivity index (χ0v) is 19.6. The van der Waals surface area contributed by atoms with Gasteiger partial charge < -0.3 is 9.64 Å². The number of aromatic nitrogens is 1. The van der Waals surface area contributed by atoms with Crippen LogP contribution in [0.3, 0.4) is 0 Å². The number of halogens is 1. The normalized spacial score (nSPS) is 11.3. The van der Waals surface area contributed by atoms with E-state index in [0.29, 0.717) is 36.0 Å². The first-order valence-electron chi connectivity index (χ1n) is 9.60. The molecule has 0 saturated heterocycles. The number of amides is 1. The lowest BCUT2D eigenvalue weighted by Crippen LogP contribution is -2.30. The van der Waals surface area contributed by atoms with Gasteiger partial charge in [0, 0.05) is 30.8 Å². The highest BCUT2D eigenvalue weighted by Crippen LogP contribution is 2.30. The van der Waals surface area contributed by atoms with Crippen molar-refractivity contribution in [2.45, 2.75) is 17.7 Å². The quantitative estimate of drug-likeness (QED) is 0.427. The van der Waals surface area contributed by atoms with Gasteiger partial charge in [-0.3, -0.25) is 4.79 Å². The van der Waals surface area contributed by atoms with E-state index in [-0.39, 0.29) is 17.2 Å². The standard InChI is InChI=1S/C22H23ClN2O4S2/c1-25(11-6-12-29-17-7-5-8-18(14-17)31(2,27)28)21(26)13-16-15-30-22(24-16)19-9-3-4-10-20(19)23/h3-5,7-10,14-15H,6,11-13H2,1-2H3. The molecule has 0 aliphatic carbocycles. The van der Waals surface area contributed by atoms with E-state index in [2.05, 4.69) is 4.98 Å². The Morgan fingerprint density at radius 2 is 1.97 bits per heavy atom.